The first-order chi connectivity index (χ1) is 19.4. The van der Waals surface area contributed by atoms with Gasteiger partial charge in [0.2, 0.25) is 11.9 Å². The number of nitrogens with one attached hydrogen (secondary N) is 2. The van der Waals surface area contributed by atoms with E-state index in [-0.39, 0.29) is 24.2 Å². The van der Waals surface area contributed by atoms with Crippen LogP contribution in [0, 0.1) is 11.8 Å². The smallest absolute Gasteiger partial charge is 0.253 e. The molecule has 0 radical (unpaired) electrons. The Morgan fingerprint density at radius 3 is 2.73 bits per heavy atom. The highest BCUT2D eigenvalue weighted by Gasteiger charge is 2.24. The van der Waals surface area contributed by atoms with Gasteiger partial charge in [-0.25, -0.2) is 9.97 Å². The molecule has 1 aliphatic heterocycles. The summed E-state index contributed by atoms with van der Waals surface area (Å²) < 4.78 is 12.5. The van der Waals surface area contributed by atoms with Crippen LogP contribution >= 0.6 is 0 Å². The van der Waals surface area contributed by atoms with Crippen molar-refractivity contribution in [3.8, 4) is 34.7 Å². The summed E-state index contributed by atoms with van der Waals surface area (Å²) in [7, 11) is 5.00. The van der Waals surface area contributed by atoms with Crippen LogP contribution in [0.2, 0.25) is 0 Å². The van der Waals surface area contributed by atoms with Gasteiger partial charge in [-0.2, -0.15) is 0 Å². The third-order valence-electron chi connectivity index (χ3n) is 6.60. The zero-order valence-corrected chi connectivity index (χ0v) is 22.4. The summed E-state index contributed by atoms with van der Waals surface area (Å²) in [6.07, 6.45) is 2.47. The maximum Gasteiger partial charge on any atom is 0.253 e. The average Bonchev–Trinajstić information content (AvgIpc) is 3.29. The molecule has 202 valence electrons. The maximum atomic E-state index is 12.7. The lowest BCUT2D eigenvalue weighted by molar-refractivity contribution is -0.115. The van der Waals surface area contributed by atoms with E-state index in [1.807, 2.05) is 41.9 Å². The molecule has 2 aromatic heterocycles. The van der Waals surface area contributed by atoms with Gasteiger partial charge < -0.3 is 30.4 Å². The second-order valence-corrected chi connectivity index (χ2v) is 9.19. The Morgan fingerprint density at radius 1 is 1.12 bits per heavy atom. The molecule has 0 saturated carbocycles. The number of fused-ring (bicyclic) bond motifs is 1. The molecule has 0 spiro atoms. The minimum Gasteiger partial charge on any atom is -0.493 e. The number of anilines is 2. The number of nitrogens with zero attached hydrogens (tertiary/aromatic N) is 3. The van der Waals surface area contributed by atoms with Crippen LogP contribution in [0.4, 0.5) is 11.6 Å². The third-order valence-corrected chi connectivity index (χ3v) is 6.60. The standard InChI is InChI=1S/C30H28N6O4/c1-36-23-11-12-32-29(38)22(23)16-24(36)28-20(17-33-30(31)35-28)8-7-18-5-4-6-19(13-18)14-27(37)34-21-9-10-25(39-2)26(15-21)40-3/h4-6,9-10,13,15-17H,11-12,14H2,1-3H3,(H,32,38)(H,34,37)(H2,31,33,35). The molecule has 10 heteroatoms. The topological polar surface area (TPSA) is 133 Å². The van der Waals surface area contributed by atoms with Crippen molar-refractivity contribution in [2.24, 2.45) is 7.05 Å². The van der Waals surface area contributed by atoms with Crippen molar-refractivity contribution in [2.75, 3.05) is 31.8 Å². The predicted molar refractivity (Wildman–Crippen MR) is 151 cm³/mol. The van der Waals surface area contributed by atoms with E-state index >= 15 is 0 Å². The SMILES string of the molecule is COc1ccc(NC(=O)Cc2cccc(C#Cc3cnc(N)nc3-c3cc4c(n3C)CCNC4=O)c2)cc1OC. The molecule has 3 heterocycles. The Morgan fingerprint density at radius 2 is 1.95 bits per heavy atom. The molecular formula is C30H28N6O4. The van der Waals surface area contributed by atoms with E-state index in [0.29, 0.717) is 40.6 Å². The van der Waals surface area contributed by atoms with Gasteiger partial charge in [0.15, 0.2) is 11.5 Å². The fourth-order valence-electron chi connectivity index (χ4n) is 4.64. The second kappa shape index (κ2) is 11.2. The van der Waals surface area contributed by atoms with E-state index in [4.69, 9.17) is 15.2 Å². The molecule has 40 heavy (non-hydrogen) atoms. The Labute approximate surface area is 231 Å². The maximum absolute atomic E-state index is 12.7. The molecular weight excluding hydrogens is 508 g/mol. The number of carbonyl (C=O) groups is 2. The highest BCUT2D eigenvalue weighted by atomic mass is 16.5. The lowest BCUT2D eigenvalue weighted by Gasteiger charge is -2.14. The highest BCUT2D eigenvalue weighted by molar-refractivity contribution is 5.98. The first-order valence-electron chi connectivity index (χ1n) is 12.6. The molecule has 0 bridgehead atoms. The van der Waals surface area contributed by atoms with E-state index in [1.165, 1.54) is 0 Å². The number of ether oxygens (including phenoxy) is 2. The van der Waals surface area contributed by atoms with E-state index in [1.54, 1.807) is 38.6 Å². The van der Waals surface area contributed by atoms with Crippen molar-refractivity contribution < 1.29 is 19.1 Å². The summed E-state index contributed by atoms with van der Waals surface area (Å²) in [6, 6.07) is 14.5. The van der Waals surface area contributed by atoms with Crippen LogP contribution in [0.3, 0.4) is 0 Å². The lowest BCUT2D eigenvalue weighted by atomic mass is 10.1. The van der Waals surface area contributed by atoms with Crippen LogP contribution in [-0.4, -0.2) is 47.1 Å². The van der Waals surface area contributed by atoms with E-state index in [0.717, 1.165) is 28.9 Å². The Kier molecular flexibility index (Phi) is 7.37. The normalized spacial score (nSPS) is 12.0. The van der Waals surface area contributed by atoms with E-state index < -0.39 is 0 Å². The zero-order valence-electron chi connectivity index (χ0n) is 22.4. The van der Waals surface area contributed by atoms with Gasteiger partial charge in [0.25, 0.3) is 5.91 Å². The molecule has 0 atom stereocenters. The van der Waals surface area contributed by atoms with Crippen molar-refractivity contribution in [3.63, 3.8) is 0 Å². The lowest BCUT2D eigenvalue weighted by Crippen LogP contribution is -2.31. The van der Waals surface area contributed by atoms with Crippen LogP contribution in [0.15, 0.2) is 54.7 Å². The van der Waals surface area contributed by atoms with Gasteiger partial charge in [-0.05, 0) is 35.9 Å². The fourth-order valence-corrected chi connectivity index (χ4v) is 4.64. The molecule has 0 fully saturated rings. The van der Waals surface area contributed by atoms with Gasteiger partial charge in [0.05, 0.1) is 37.5 Å². The molecule has 4 aromatic rings. The van der Waals surface area contributed by atoms with Crippen LogP contribution < -0.4 is 25.8 Å². The molecule has 2 amide bonds. The number of hydrogen-bond acceptors (Lipinski definition) is 7. The molecule has 10 nitrogen and oxygen atoms in total. The number of nitrogen functional groups attached to an aromatic ring is 1. The van der Waals surface area contributed by atoms with Gasteiger partial charge in [-0.1, -0.05) is 24.0 Å². The second-order valence-electron chi connectivity index (χ2n) is 9.19. The van der Waals surface area contributed by atoms with Gasteiger partial charge >= 0.3 is 0 Å². The van der Waals surface area contributed by atoms with Crippen LogP contribution in [0.25, 0.3) is 11.4 Å². The minimum absolute atomic E-state index is 0.107. The van der Waals surface area contributed by atoms with Gasteiger partial charge in [0, 0.05) is 49.2 Å². The number of methoxy groups -OCH3 is 2. The van der Waals surface area contributed by atoms with Crippen LogP contribution in [0.5, 0.6) is 11.5 Å². The molecule has 0 saturated heterocycles. The van der Waals surface area contributed by atoms with Crippen LogP contribution in [-0.2, 0) is 24.7 Å². The number of carbonyl (C=O) groups excluding carboxylic acids is 2. The summed E-state index contributed by atoms with van der Waals surface area (Å²) >= 11 is 0. The molecule has 1 aliphatic rings. The van der Waals surface area contributed by atoms with Crippen molar-refractivity contribution in [2.45, 2.75) is 12.8 Å². The molecule has 0 aliphatic carbocycles. The average molecular weight is 537 g/mol. The third kappa shape index (κ3) is 5.44. The number of aromatic nitrogens is 3. The minimum atomic E-state index is -0.178. The zero-order chi connectivity index (χ0) is 28.2. The summed E-state index contributed by atoms with van der Waals surface area (Å²) in [5, 5.41) is 5.75. The Hall–Kier alpha value is -5.30. The summed E-state index contributed by atoms with van der Waals surface area (Å²) in [4.78, 5) is 33.7. The predicted octanol–water partition coefficient (Wildman–Crippen LogP) is 2.95. The molecule has 4 N–H and O–H groups in total. The van der Waals surface area contributed by atoms with Crippen LogP contribution in [0.1, 0.15) is 32.7 Å². The number of hydrogen-bond donors (Lipinski definition) is 3. The largest absolute Gasteiger partial charge is 0.493 e. The number of benzene rings is 2. The molecule has 5 rings (SSSR count). The number of rotatable bonds is 6. The van der Waals surface area contributed by atoms with Gasteiger partial charge in [-0.3, -0.25) is 9.59 Å². The molecule has 2 aromatic carbocycles. The Bertz CT molecular complexity index is 1680. The first-order valence-corrected chi connectivity index (χ1v) is 12.6. The van der Waals surface area contributed by atoms with Crippen molar-refractivity contribution in [1.82, 2.24) is 19.9 Å². The summed E-state index contributed by atoms with van der Waals surface area (Å²) in [5.74, 6) is 7.24. The van der Waals surface area contributed by atoms with E-state index in [2.05, 4.69) is 32.4 Å². The summed E-state index contributed by atoms with van der Waals surface area (Å²) in [6.45, 7) is 0.588. The first kappa shape index (κ1) is 26.3. The highest BCUT2D eigenvalue weighted by Crippen LogP contribution is 2.30. The van der Waals surface area contributed by atoms with Crippen molar-refractivity contribution >= 4 is 23.5 Å². The molecule has 0 unspecified atom stereocenters. The van der Waals surface area contributed by atoms with Crippen molar-refractivity contribution in [1.29, 1.82) is 0 Å². The Balaban J connectivity index is 1.37. The van der Waals surface area contributed by atoms with Crippen molar-refractivity contribution in [3.05, 3.63) is 82.7 Å². The van der Waals surface area contributed by atoms with Gasteiger partial charge in [-0.15, -0.1) is 0 Å². The summed E-state index contributed by atoms with van der Waals surface area (Å²) in [5.41, 5.74) is 11.5. The van der Waals surface area contributed by atoms with E-state index in [9.17, 15) is 9.59 Å². The van der Waals surface area contributed by atoms with Gasteiger partial charge in [0.1, 0.15) is 5.69 Å². The number of nitrogens with two attached hydrogens (primary N) is 1. The monoisotopic (exact) mass is 536 g/mol. The fraction of sp³-hybridized carbons (Fsp3) is 0.200. The quantitative estimate of drug-likeness (QED) is 0.323. The number of amides is 2.